The quantitative estimate of drug-likeness (QED) is 0.785. The first kappa shape index (κ1) is 9.23. The molecule has 0 atom stereocenters. The Hall–Kier alpha value is -1.33. The predicted octanol–water partition coefficient (Wildman–Crippen LogP) is 1.94. The van der Waals surface area contributed by atoms with Gasteiger partial charge < -0.3 is 10.1 Å². The van der Waals surface area contributed by atoms with Crippen LogP contribution in [0.15, 0.2) is 17.1 Å². The molecule has 6 heteroatoms. The van der Waals surface area contributed by atoms with Crippen LogP contribution in [-0.4, -0.2) is 16.1 Å². The van der Waals surface area contributed by atoms with Crippen LogP contribution in [0.4, 0.5) is 0 Å². The molecule has 2 N–H and O–H groups in total. The number of halogens is 1. The number of pyridine rings is 1. The fraction of sp³-hybridized carbons (Fsp3) is 0. The normalized spacial score (nSPS) is 10.6. The second-order valence-corrected chi connectivity index (χ2v) is 4.03. The zero-order valence-corrected chi connectivity index (χ0v) is 8.28. The Kier molecular flexibility index (Phi) is 2.05. The molecule has 2 heterocycles. The minimum Gasteiger partial charge on any atom is -0.477 e. The predicted molar refractivity (Wildman–Crippen MR) is 54.4 cm³/mol. The number of nitrogens with one attached hydrogen (secondary N) is 1. The average Bonchev–Trinajstić information content (AvgIpc) is 2.45. The smallest absolute Gasteiger partial charge is 0.347 e. The number of fused-ring (bicyclic) bond motifs is 1. The summed E-state index contributed by atoms with van der Waals surface area (Å²) in [6.07, 6.45) is 1.46. The van der Waals surface area contributed by atoms with Crippen molar-refractivity contribution < 1.29 is 9.90 Å². The Bertz CT molecular complexity index is 571. The lowest BCUT2D eigenvalue weighted by atomic mass is 10.3. The van der Waals surface area contributed by atoms with E-state index in [1.165, 1.54) is 6.20 Å². The SMILES string of the molecule is O=C(O)c1sc2cc[nH]c(=O)c2c1Cl. The molecule has 0 fully saturated rings. The van der Waals surface area contributed by atoms with Gasteiger partial charge in [-0.05, 0) is 6.07 Å². The molecule has 0 saturated carbocycles. The molecule has 0 radical (unpaired) electrons. The number of carboxylic acids is 1. The van der Waals surface area contributed by atoms with E-state index in [0.29, 0.717) is 4.70 Å². The first-order valence-electron chi connectivity index (χ1n) is 3.64. The number of H-pyrrole nitrogens is 1. The Morgan fingerprint density at radius 1 is 1.57 bits per heavy atom. The largest absolute Gasteiger partial charge is 0.477 e. The molecule has 2 aromatic rings. The fourth-order valence-corrected chi connectivity index (χ4v) is 2.53. The van der Waals surface area contributed by atoms with E-state index >= 15 is 0 Å². The number of aromatic carboxylic acids is 1. The minimum atomic E-state index is -1.12. The molecule has 0 unspecified atom stereocenters. The van der Waals surface area contributed by atoms with E-state index in [2.05, 4.69) is 4.98 Å². The summed E-state index contributed by atoms with van der Waals surface area (Å²) >= 11 is 6.76. The molecule has 0 aliphatic carbocycles. The van der Waals surface area contributed by atoms with E-state index in [-0.39, 0.29) is 20.8 Å². The van der Waals surface area contributed by atoms with Gasteiger partial charge in [-0.15, -0.1) is 11.3 Å². The molecule has 0 aliphatic rings. The van der Waals surface area contributed by atoms with Crippen LogP contribution in [0.25, 0.3) is 10.1 Å². The Morgan fingerprint density at radius 3 is 2.86 bits per heavy atom. The van der Waals surface area contributed by atoms with Gasteiger partial charge in [-0.2, -0.15) is 0 Å². The van der Waals surface area contributed by atoms with Crippen LogP contribution < -0.4 is 5.56 Å². The number of aromatic nitrogens is 1. The van der Waals surface area contributed by atoms with Gasteiger partial charge in [0.2, 0.25) is 0 Å². The van der Waals surface area contributed by atoms with Gasteiger partial charge in [0, 0.05) is 10.9 Å². The van der Waals surface area contributed by atoms with Gasteiger partial charge in [0.25, 0.3) is 5.56 Å². The van der Waals surface area contributed by atoms with Crippen molar-refractivity contribution in [2.24, 2.45) is 0 Å². The van der Waals surface area contributed by atoms with Crippen LogP contribution in [0.1, 0.15) is 9.67 Å². The highest BCUT2D eigenvalue weighted by Gasteiger charge is 2.17. The average molecular weight is 230 g/mol. The van der Waals surface area contributed by atoms with Crippen LogP contribution in [0.2, 0.25) is 5.02 Å². The van der Waals surface area contributed by atoms with E-state index in [1.54, 1.807) is 6.07 Å². The number of carbonyl (C=O) groups is 1. The third-order valence-corrected chi connectivity index (χ3v) is 3.38. The molecule has 2 rings (SSSR count). The van der Waals surface area contributed by atoms with Crippen LogP contribution >= 0.6 is 22.9 Å². The first-order valence-corrected chi connectivity index (χ1v) is 4.83. The first-order chi connectivity index (χ1) is 6.61. The van der Waals surface area contributed by atoms with Crippen molar-refractivity contribution in [3.63, 3.8) is 0 Å². The lowest BCUT2D eigenvalue weighted by molar-refractivity contribution is 0.0702. The number of aromatic amines is 1. The van der Waals surface area contributed by atoms with Gasteiger partial charge >= 0.3 is 5.97 Å². The van der Waals surface area contributed by atoms with Crippen molar-refractivity contribution in [3.05, 3.63) is 32.5 Å². The van der Waals surface area contributed by atoms with Gasteiger partial charge in [0.1, 0.15) is 4.88 Å². The van der Waals surface area contributed by atoms with Crippen molar-refractivity contribution in [1.29, 1.82) is 0 Å². The molecule has 14 heavy (non-hydrogen) atoms. The van der Waals surface area contributed by atoms with Crippen molar-refractivity contribution in [3.8, 4) is 0 Å². The third kappa shape index (κ3) is 1.21. The van der Waals surface area contributed by atoms with Crippen molar-refractivity contribution in [2.45, 2.75) is 0 Å². The van der Waals surface area contributed by atoms with Crippen LogP contribution in [0.5, 0.6) is 0 Å². The second kappa shape index (κ2) is 3.11. The highest BCUT2D eigenvalue weighted by Crippen LogP contribution is 2.32. The Morgan fingerprint density at radius 2 is 2.29 bits per heavy atom. The molecule has 0 aliphatic heterocycles. The maximum atomic E-state index is 11.3. The maximum Gasteiger partial charge on any atom is 0.347 e. The van der Waals surface area contributed by atoms with Crippen LogP contribution in [0, 0.1) is 0 Å². The van der Waals surface area contributed by atoms with Crippen molar-refractivity contribution in [2.75, 3.05) is 0 Å². The lowest BCUT2D eigenvalue weighted by Gasteiger charge is -1.87. The zero-order valence-electron chi connectivity index (χ0n) is 6.70. The summed E-state index contributed by atoms with van der Waals surface area (Å²) in [5.41, 5.74) is -0.365. The number of hydrogen-bond donors (Lipinski definition) is 2. The number of rotatable bonds is 1. The molecule has 0 spiro atoms. The Labute approximate surface area is 86.8 Å². The van der Waals surface area contributed by atoms with Crippen molar-refractivity contribution >= 4 is 39.0 Å². The van der Waals surface area contributed by atoms with Gasteiger partial charge in [-0.3, -0.25) is 4.79 Å². The summed E-state index contributed by atoms with van der Waals surface area (Å²) in [4.78, 5) is 24.5. The summed E-state index contributed by atoms with van der Waals surface area (Å²) in [6.45, 7) is 0. The van der Waals surface area contributed by atoms with Crippen LogP contribution in [-0.2, 0) is 0 Å². The summed E-state index contributed by atoms with van der Waals surface area (Å²) in [7, 11) is 0. The summed E-state index contributed by atoms with van der Waals surface area (Å²) in [5.74, 6) is -1.12. The third-order valence-electron chi connectivity index (χ3n) is 1.75. The molecule has 0 aromatic carbocycles. The second-order valence-electron chi connectivity index (χ2n) is 2.60. The van der Waals surface area contributed by atoms with E-state index in [0.717, 1.165) is 11.3 Å². The molecule has 2 aromatic heterocycles. The number of carboxylic acid groups (broad SMARTS) is 1. The molecular weight excluding hydrogens is 226 g/mol. The minimum absolute atomic E-state index is 0.00151. The fourth-order valence-electron chi connectivity index (χ4n) is 1.16. The van der Waals surface area contributed by atoms with Crippen LogP contribution in [0.3, 0.4) is 0 Å². The summed E-state index contributed by atoms with van der Waals surface area (Å²) in [5, 5.41) is 9.03. The maximum absolute atomic E-state index is 11.3. The van der Waals surface area contributed by atoms with E-state index in [9.17, 15) is 9.59 Å². The monoisotopic (exact) mass is 229 g/mol. The molecule has 72 valence electrons. The topological polar surface area (TPSA) is 70.2 Å². The summed E-state index contributed by atoms with van der Waals surface area (Å²) in [6, 6.07) is 1.62. The van der Waals surface area contributed by atoms with E-state index in [4.69, 9.17) is 16.7 Å². The van der Waals surface area contributed by atoms with E-state index in [1.807, 2.05) is 0 Å². The highest BCUT2D eigenvalue weighted by atomic mass is 35.5. The molecule has 0 amide bonds. The summed E-state index contributed by atoms with van der Waals surface area (Å²) < 4.78 is 0.580. The van der Waals surface area contributed by atoms with Gasteiger partial charge in [-0.25, -0.2) is 4.79 Å². The Balaban J connectivity index is 2.94. The highest BCUT2D eigenvalue weighted by molar-refractivity contribution is 7.21. The molecule has 0 bridgehead atoms. The zero-order chi connectivity index (χ0) is 10.3. The number of hydrogen-bond acceptors (Lipinski definition) is 3. The van der Waals surface area contributed by atoms with Crippen molar-refractivity contribution in [1.82, 2.24) is 4.98 Å². The van der Waals surface area contributed by atoms with Gasteiger partial charge in [-0.1, -0.05) is 11.6 Å². The lowest BCUT2D eigenvalue weighted by Crippen LogP contribution is -2.03. The van der Waals surface area contributed by atoms with Gasteiger partial charge in [0.05, 0.1) is 10.4 Å². The molecular formula is C8H4ClNO3S. The molecule has 4 nitrogen and oxygen atoms in total. The standard InChI is InChI=1S/C8H4ClNO3S/c9-5-4-3(1-2-10-7(4)11)14-6(5)8(12)13/h1-2H,(H,10,11)(H,12,13). The number of thiophene rings is 1. The van der Waals surface area contributed by atoms with E-state index < -0.39 is 5.97 Å². The van der Waals surface area contributed by atoms with Gasteiger partial charge in [0.15, 0.2) is 0 Å². The molecule has 0 saturated heterocycles.